The molecule has 10 nitrogen and oxygen atoms in total. The molecule has 172 valence electrons. The van der Waals surface area contributed by atoms with Crippen LogP contribution in [0.4, 0.5) is 18.9 Å². The summed E-state index contributed by atoms with van der Waals surface area (Å²) in [4.78, 5) is 16.9. The van der Waals surface area contributed by atoms with E-state index in [2.05, 4.69) is 14.7 Å². The molecule has 3 N–H and O–H groups in total. The van der Waals surface area contributed by atoms with Crippen LogP contribution in [0.2, 0.25) is 0 Å². The van der Waals surface area contributed by atoms with E-state index in [0.717, 1.165) is 6.07 Å². The molecule has 2 aromatic rings. The highest BCUT2D eigenvalue weighted by atomic mass is 32.2. The number of nitrogens with one attached hydrogen (secondary N) is 2. The van der Waals surface area contributed by atoms with E-state index in [1.165, 1.54) is 50.2 Å². The number of halogens is 3. The molecule has 2 heterocycles. The lowest BCUT2D eigenvalue weighted by molar-refractivity contribution is -0.152. The second kappa shape index (κ2) is 8.18. The molecule has 14 heteroatoms. The number of benzene rings is 1. The number of aliphatic imine (C=N–C) groups is 1. The molecule has 3 rings (SSSR count). The fourth-order valence-electron chi connectivity index (χ4n) is 2.74. The normalized spacial score (nSPS) is 17.6. The van der Waals surface area contributed by atoms with E-state index in [0.29, 0.717) is 0 Å². The monoisotopic (exact) mass is 473 g/mol. The van der Waals surface area contributed by atoms with Gasteiger partial charge < -0.3 is 19.7 Å². The van der Waals surface area contributed by atoms with Crippen LogP contribution in [0.3, 0.4) is 0 Å². The number of amides is 1. The average molecular weight is 473 g/mol. The molecule has 1 aliphatic heterocycles. The van der Waals surface area contributed by atoms with Gasteiger partial charge in [-0.2, -0.15) is 21.6 Å². The van der Waals surface area contributed by atoms with Gasteiger partial charge in [-0.05, 0) is 31.2 Å². The molecule has 0 saturated carbocycles. The number of hydrogen-bond acceptors (Lipinski definition) is 7. The Bertz CT molecular complexity index is 1220. The van der Waals surface area contributed by atoms with Crippen LogP contribution >= 0.6 is 0 Å². The van der Waals surface area contributed by atoms with Crippen LogP contribution in [-0.4, -0.2) is 56.3 Å². The number of anilines is 1. The van der Waals surface area contributed by atoms with Crippen molar-refractivity contribution in [3.8, 4) is 5.75 Å². The molecule has 0 bridgehead atoms. The second-order valence-corrected chi connectivity index (χ2v) is 8.25. The minimum atomic E-state index is -4.91. The molecule has 0 spiro atoms. The molecule has 32 heavy (non-hydrogen) atoms. The van der Waals surface area contributed by atoms with Crippen LogP contribution in [0.25, 0.3) is 0 Å². The lowest BCUT2D eigenvalue weighted by atomic mass is 10.1. The highest BCUT2D eigenvalue weighted by molar-refractivity contribution is 7.89. The Morgan fingerprint density at radius 1 is 1.28 bits per heavy atom. The number of furan rings is 1. The first kappa shape index (κ1) is 23.1. The molecule has 1 aliphatic rings. The van der Waals surface area contributed by atoms with Crippen LogP contribution in [-0.2, 0) is 10.2 Å². The Kier molecular flexibility index (Phi) is 5.91. The maximum Gasteiger partial charge on any atom is 0.418 e. The van der Waals surface area contributed by atoms with Crippen molar-refractivity contribution in [1.82, 2.24) is 9.62 Å². The minimum Gasteiger partial charge on any atom is -0.505 e. The molecule has 1 amide bonds. The number of aromatic hydroxyl groups is 1. The first-order valence-corrected chi connectivity index (χ1v) is 10.4. The molecule has 0 fully saturated rings. The Labute approximate surface area is 180 Å². The second-order valence-electron chi connectivity index (χ2n) is 6.91. The van der Waals surface area contributed by atoms with E-state index in [-0.39, 0.29) is 17.0 Å². The van der Waals surface area contributed by atoms with Crippen LogP contribution in [0, 0.1) is 6.92 Å². The Morgan fingerprint density at radius 3 is 2.53 bits per heavy atom. The standard InChI is InChI=1S/C18H18F3N5O5S/c1-9-7-8-12(31-9)14(18(19,20)21)23-16-15(24-32(29,30)25-16)22-11-6-4-5-10(13(11)27)17(28)26(2)3/h4-8,14,27H,1-3H3,(H,22,24)(H,23,25). The third kappa shape index (κ3) is 4.85. The number of aryl methyl sites for hydroxylation is 1. The minimum absolute atomic E-state index is 0.118. The van der Waals surface area contributed by atoms with E-state index >= 15 is 0 Å². The van der Waals surface area contributed by atoms with Crippen molar-refractivity contribution in [1.29, 1.82) is 0 Å². The number of phenolic OH excluding ortho intramolecular Hbond substituents is 1. The summed E-state index contributed by atoms with van der Waals surface area (Å²) in [7, 11) is -1.48. The third-order valence-corrected chi connectivity index (χ3v) is 5.06. The number of alkyl halides is 3. The summed E-state index contributed by atoms with van der Waals surface area (Å²) >= 11 is 0. The average Bonchev–Trinajstić information content (AvgIpc) is 3.21. The number of rotatable bonds is 4. The van der Waals surface area contributed by atoms with E-state index in [4.69, 9.17) is 4.42 Å². The third-order valence-electron chi connectivity index (χ3n) is 4.19. The van der Waals surface area contributed by atoms with Crippen molar-refractivity contribution in [2.24, 2.45) is 9.39 Å². The fraction of sp³-hybridized carbons (Fsp3) is 0.278. The Balaban J connectivity index is 2.02. The van der Waals surface area contributed by atoms with Crippen molar-refractivity contribution in [3.05, 3.63) is 47.4 Å². The van der Waals surface area contributed by atoms with Gasteiger partial charge in [-0.1, -0.05) is 6.07 Å². The topological polar surface area (TPSA) is 137 Å². The molecule has 1 atom stereocenters. The number of hydrogen-bond donors (Lipinski definition) is 3. The van der Waals surface area contributed by atoms with Crippen molar-refractivity contribution >= 4 is 33.5 Å². The number of amidine groups is 2. The molecule has 0 saturated heterocycles. The lowest BCUT2D eigenvalue weighted by Gasteiger charge is -2.16. The predicted molar refractivity (Wildman–Crippen MR) is 109 cm³/mol. The smallest absolute Gasteiger partial charge is 0.418 e. The Morgan fingerprint density at radius 2 is 1.97 bits per heavy atom. The highest BCUT2D eigenvalue weighted by Crippen LogP contribution is 2.37. The van der Waals surface area contributed by atoms with Crippen LogP contribution in [0.1, 0.15) is 27.9 Å². The van der Waals surface area contributed by atoms with Gasteiger partial charge in [0, 0.05) is 14.1 Å². The lowest BCUT2D eigenvalue weighted by Crippen LogP contribution is -2.33. The summed E-state index contributed by atoms with van der Waals surface area (Å²) in [5.41, 5.74) is -0.285. The summed E-state index contributed by atoms with van der Waals surface area (Å²) in [5, 5.41) is 12.8. The molecule has 0 radical (unpaired) electrons. The van der Waals surface area contributed by atoms with Gasteiger partial charge in [0.1, 0.15) is 11.5 Å². The van der Waals surface area contributed by atoms with Gasteiger partial charge >= 0.3 is 16.4 Å². The van der Waals surface area contributed by atoms with Gasteiger partial charge in [-0.3, -0.25) is 4.79 Å². The number of nitrogens with zero attached hydrogens (tertiary/aromatic N) is 3. The number of carbonyl (C=O) groups is 1. The van der Waals surface area contributed by atoms with Crippen LogP contribution < -0.4 is 10.0 Å². The largest absolute Gasteiger partial charge is 0.505 e. The van der Waals surface area contributed by atoms with Crippen LogP contribution in [0.5, 0.6) is 5.75 Å². The highest BCUT2D eigenvalue weighted by Gasteiger charge is 2.44. The number of para-hydroxylation sites is 1. The summed E-state index contributed by atoms with van der Waals surface area (Å²) < 4.78 is 74.8. The van der Waals surface area contributed by atoms with Gasteiger partial charge in [-0.15, -0.1) is 4.40 Å². The zero-order chi connectivity index (χ0) is 23.8. The molecule has 1 unspecified atom stereocenters. The SMILES string of the molecule is Cc1ccc(C(N=C2NS(=O)(=O)N=C2Nc2cccc(C(=O)N(C)C)c2O)C(F)(F)F)o1. The van der Waals surface area contributed by atoms with Crippen molar-refractivity contribution in [2.45, 2.75) is 19.1 Å². The molecular formula is C18H18F3N5O5S. The number of carbonyl (C=O) groups excluding carboxylic acids is 1. The molecule has 1 aromatic heterocycles. The van der Waals surface area contributed by atoms with Crippen molar-refractivity contribution in [2.75, 3.05) is 19.4 Å². The Hall–Kier alpha value is -3.55. The summed E-state index contributed by atoms with van der Waals surface area (Å²) in [5.74, 6) is -2.79. The van der Waals surface area contributed by atoms with Crippen molar-refractivity contribution < 1.29 is 35.9 Å². The van der Waals surface area contributed by atoms with E-state index in [9.17, 15) is 31.5 Å². The fourth-order valence-corrected chi connectivity index (χ4v) is 3.55. The summed E-state index contributed by atoms with van der Waals surface area (Å²) in [6, 6.07) is 3.86. The summed E-state index contributed by atoms with van der Waals surface area (Å²) in [6.07, 6.45) is -4.91. The first-order chi connectivity index (χ1) is 14.8. The summed E-state index contributed by atoms with van der Waals surface area (Å²) in [6.45, 7) is 1.45. The molecule has 0 aliphatic carbocycles. The molecule has 1 aromatic carbocycles. The van der Waals surface area contributed by atoms with Gasteiger partial charge in [0.25, 0.3) is 5.91 Å². The first-order valence-electron chi connectivity index (χ1n) is 8.93. The number of phenols is 1. The van der Waals surface area contributed by atoms with Gasteiger partial charge in [-0.25, -0.2) is 9.71 Å². The zero-order valence-electron chi connectivity index (χ0n) is 16.9. The zero-order valence-corrected chi connectivity index (χ0v) is 17.7. The van der Waals surface area contributed by atoms with E-state index < -0.39 is 51.5 Å². The quantitative estimate of drug-likeness (QED) is 0.583. The predicted octanol–water partition coefficient (Wildman–Crippen LogP) is 2.36. The van der Waals surface area contributed by atoms with Gasteiger partial charge in [0.05, 0.1) is 11.3 Å². The van der Waals surface area contributed by atoms with Gasteiger partial charge in [0.2, 0.25) is 6.04 Å². The molecular weight excluding hydrogens is 455 g/mol. The maximum absolute atomic E-state index is 13.6. The van der Waals surface area contributed by atoms with E-state index in [1.54, 1.807) is 0 Å². The van der Waals surface area contributed by atoms with E-state index in [1.807, 2.05) is 4.72 Å². The van der Waals surface area contributed by atoms with Gasteiger partial charge in [0.15, 0.2) is 17.4 Å². The van der Waals surface area contributed by atoms with Crippen molar-refractivity contribution in [3.63, 3.8) is 0 Å². The maximum atomic E-state index is 13.6. The van der Waals surface area contributed by atoms with Crippen LogP contribution in [0.15, 0.2) is 44.1 Å².